The molecule has 0 spiro atoms. The molecule has 2 heterocycles. The monoisotopic (exact) mass is 249 g/mol. The van der Waals surface area contributed by atoms with Gasteiger partial charge in [0.15, 0.2) is 0 Å². The quantitative estimate of drug-likeness (QED) is 0.551. The Morgan fingerprint density at radius 3 is 3.06 bits per heavy atom. The second-order valence-corrected chi connectivity index (χ2v) is 4.83. The van der Waals surface area contributed by atoms with Crippen LogP contribution in [0.15, 0.2) is 18.2 Å². The average molecular weight is 249 g/mol. The van der Waals surface area contributed by atoms with Gasteiger partial charge in [0, 0.05) is 25.7 Å². The standard InChI is InChI=1S/C12H15N3O3/c1-13-4-5-14-10(7-13)8-18-12-6-9(15(16)17)2-3-11(12)14/h2-3,6,10H,4-5,7-8H2,1H3. The molecule has 1 saturated heterocycles. The number of rotatable bonds is 1. The van der Waals surface area contributed by atoms with Crippen LogP contribution in [0.2, 0.25) is 0 Å². The first-order chi connectivity index (χ1) is 8.65. The molecular weight excluding hydrogens is 234 g/mol. The van der Waals surface area contributed by atoms with Crippen molar-refractivity contribution in [2.24, 2.45) is 0 Å². The van der Waals surface area contributed by atoms with Gasteiger partial charge in [-0.25, -0.2) is 0 Å². The zero-order valence-corrected chi connectivity index (χ0v) is 10.2. The molecule has 6 nitrogen and oxygen atoms in total. The van der Waals surface area contributed by atoms with E-state index in [0.29, 0.717) is 18.4 Å². The van der Waals surface area contributed by atoms with Crippen molar-refractivity contribution in [2.45, 2.75) is 6.04 Å². The number of anilines is 1. The highest BCUT2D eigenvalue weighted by atomic mass is 16.6. The molecule has 1 atom stereocenters. The van der Waals surface area contributed by atoms with E-state index in [4.69, 9.17) is 4.74 Å². The molecule has 1 aromatic rings. The summed E-state index contributed by atoms with van der Waals surface area (Å²) in [6.45, 7) is 3.51. The maximum atomic E-state index is 10.7. The lowest BCUT2D eigenvalue weighted by molar-refractivity contribution is -0.384. The molecule has 0 aromatic heterocycles. The van der Waals surface area contributed by atoms with Crippen LogP contribution >= 0.6 is 0 Å². The summed E-state index contributed by atoms with van der Waals surface area (Å²) in [5, 5.41) is 10.7. The van der Waals surface area contributed by atoms with Crippen LogP contribution in [-0.4, -0.2) is 49.2 Å². The maximum absolute atomic E-state index is 10.7. The predicted octanol–water partition coefficient (Wildman–Crippen LogP) is 1.11. The molecular formula is C12H15N3O3. The van der Waals surface area contributed by atoms with Gasteiger partial charge in [-0.1, -0.05) is 0 Å². The largest absolute Gasteiger partial charge is 0.489 e. The molecule has 2 aliphatic rings. The van der Waals surface area contributed by atoms with Crippen molar-refractivity contribution >= 4 is 11.4 Å². The fourth-order valence-electron chi connectivity index (χ4n) is 2.63. The Morgan fingerprint density at radius 2 is 2.28 bits per heavy atom. The van der Waals surface area contributed by atoms with Crippen LogP contribution in [0.1, 0.15) is 0 Å². The molecule has 0 N–H and O–H groups in total. The number of benzene rings is 1. The van der Waals surface area contributed by atoms with Crippen LogP contribution < -0.4 is 9.64 Å². The number of piperazine rings is 1. The molecule has 0 aliphatic carbocycles. The van der Waals surface area contributed by atoms with E-state index in [1.165, 1.54) is 6.07 Å². The second-order valence-electron chi connectivity index (χ2n) is 4.83. The van der Waals surface area contributed by atoms with Crippen molar-refractivity contribution in [3.63, 3.8) is 0 Å². The zero-order chi connectivity index (χ0) is 12.7. The number of ether oxygens (including phenoxy) is 1. The SMILES string of the molecule is CN1CCN2c3ccc([N+](=O)[O-])cc3OCC2C1. The third-order valence-electron chi connectivity index (χ3n) is 3.58. The summed E-state index contributed by atoms with van der Waals surface area (Å²) in [5.41, 5.74) is 1.06. The van der Waals surface area contributed by atoms with Gasteiger partial charge in [0.1, 0.15) is 12.4 Å². The Bertz CT molecular complexity index is 491. The summed E-state index contributed by atoms with van der Waals surface area (Å²) >= 11 is 0. The Morgan fingerprint density at radius 1 is 1.44 bits per heavy atom. The molecule has 3 rings (SSSR count). The van der Waals surface area contributed by atoms with Crippen LogP contribution in [0.5, 0.6) is 5.75 Å². The van der Waals surface area contributed by atoms with Crippen LogP contribution in [0.25, 0.3) is 0 Å². The summed E-state index contributed by atoms with van der Waals surface area (Å²) in [6.07, 6.45) is 0. The highest BCUT2D eigenvalue weighted by molar-refractivity contribution is 5.64. The van der Waals surface area contributed by atoms with Gasteiger partial charge >= 0.3 is 0 Å². The van der Waals surface area contributed by atoms with Crippen LogP contribution in [0, 0.1) is 10.1 Å². The molecule has 1 fully saturated rings. The first-order valence-corrected chi connectivity index (χ1v) is 6.01. The molecule has 0 bridgehead atoms. The Labute approximate surface area is 105 Å². The van der Waals surface area contributed by atoms with Crippen molar-refractivity contribution in [3.05, 3.63) is 28.3 Å². The molecule has 6 heteroatoms. The van der Waals surface area contributed by atoms with Crippen molar-refractivity contribution in [3.8, 4) is 5.75 Å². The molecule has 0 amide bonds. The van der Waals surface area contributed by atoms with Gasteiger partial charge in [0.2, 0.25) is 0 Å². The van der Waals surface area contributed by atoms with Gasteiger partial charge < -0.3 is 14.5 Å². The smallest absolute Gasteiger partial charge is 0.273 e. The number of hydrogen-bond donors (Lipinski definition) is 0. The zero-order valence-electron chi connectivity index (χ0n) is 10.2. The molecule has 0 saturated carbocycles. The van der Waals surface area contributed by atoms with E-state index in [1.54, 1.807) is 12.1 Å². The number of non-ortho nitro benzene ring substituents is 1. The fourth-order valence-corrected chi connectivity index (χ4v) is 2.63. The van der Waals surface area contributed by atoms with Crippen molar-refractivity contribution in [2.75, 3.05) is 38.2 Å². The van der Waals surface area contributed by atoms with Gasteiger partial charge in [-0.2, -0.15) is 0 Å². The van der Waals surface area contributed by atoms with Gasteiger partial charge in [-0.15, -0.1) is 0 Å². The van der Waals surface area contributed by atoms with E-state index in [-0.39, 0.29) is 10.6 Å². The lowest BCUT2D eigenvalue weighted by Gasteiger charge is -2.44. The van der Waals surface area contributed by atoms with Crippen LogP contribution in [0.3, 0.4) is 0 Å². The molecule has 1 unspecified atom stereocenters. The van der Waals surface area contributed by atoms with E-state index in [0.717, 1.165) is 25.3 Å². The van der Waals surface area contributed by atoms with Gasteiger partial charge in [0.25, 0.3) is 5.69 Å². The molecule has 96 valence electrons. The highest BCUT2D eigenvalue weighted by Crippen LogP contribution is 2.37. The normalized spacial score (nSPS) is 22.9. The molecule has 2 aliphatic heterocycles. The Kier molecular flexibility index (Phi) is 2.59. The van der Waals surface area contributed by atoms with Crippen molar-refractivity contribution in [1.82, 2.24) is 4.90 Å². The predicted molar refractivity (Wildman–Crippen MR) is 67.2 cm³/mol. The molecule has 0 radical (unpaired) electrons. The third-order valence-corrected chi connectivity index (χ3v) is 3.58. The second kappa shape index (κ2) is 4.13. The topological polar surface area (TPSA) is 58.9 Å². The Balaban J connectivity index is 1.93. The lowest BCUT2D eigenvalue weighted by Crippen LogP contribution is -2.56. The third kappa shape index (κ3) is 1.78. The number of hydrogen-bond acceptors (Lipinski definition) is 5. The number of nitro benzene ring substituents is 1. The average Bonchev–Trinajstić information content (AvgIpc) is 2.37. The maximum Gasteiger partial charge on any atom is 0.273 e. The van der Waals surface area contributed by atoms with E-state index < -0.39 is 0 Å². The van der Waals surface area contributed by atoms with E-state index in [1.807, 2.05) is 0 Å². The van der Waals surface area contributed by atoms with Crippen molar-refractivity contribution in [1.29, 1.82) is 0 Å². The summed E-state index contributed by atoms with van der Waals surface area (Å²) in [4.78, 5) is 14.9. The highest BCUT2D eigenvalue weighted by Gasteiger charge is 2.32. The summed E-state index contributed by atoms with van der Waals surface area (Å²) in [6, 6.07) is 5.20. The Hall–Kier alpha value is -1.82. The van der Waals surface area contributed by atoms with Crippen molar-refractivity contribution < 1.29 is 9.66 Å². The van der Waals surface area contributed by atoms with Gasteiger partial charge in [-0.05, 0) is 13.1 Å². The minimum atomic E-state index is -0.389. The lowest BCUT2D eigenvalue weighted by atomic mass is 10.1. The summed E-state index contributed by atoms with van der Waals surface area (Å²) in [5.74, 6) is 0.630. The summed E-state index contributed by atoms with van der Waals surface area (Å²) in [7, 11) is 2.10. The van der Waals surface area contributed by atoms with Crippen LogP contribution in [0.4, 0.5) is 11.4 Å². The minimum absolute atomic E-state index is 0.0846. The number of likely N-dealkylation sites (N-methyl/N-ethyl adjacent to an activating group) is 1. The number of fused-ring (bicyclic) bond motifs is 3. The van der Waals surface area contributed by atoms with E-state index >= 15 is 0 Å². The van der Waals surface area contributed by atoms with E-state index in [2.05, 4.69) is 16.8 Å². The minimum Gasteiger partial charge on any atom is -0.489 e. The summed E-state index contributed by atoms with van der Waals surface area (Å²) < 4.78 is 5.66. The van der Waals surface area contributed by atoms with Gasteiger partial charge in [-0.3, -0.25) is 10.1 Å². The molecule has 1 aromatic carbocycles. The fraction of sp³-hybridized carbons (Fsp3) is 0.500. The molecule has 18 heavy (non-hydrogen) atoms. The number of nitrogens with zero attached hydrogens (tertiary/aromatic N) is 3. The first-order valence-electron chi connectivity index (χ1n) is 6.01. The van der Waals surface area contributed by atoms with Crippen LogP contribution in [-0.2, 0) is 0 Å². The first kappa shape index (κ1) is 11.3. The van der Waals surface area contributed by atoms with Gasteiger partial charge in [0.05, 0.1) is 22.7 Å². The van der Waals surface area contributed by atoms with E-state index in [9.17, 15) is 10.1 Å². The number of nitro groups is 1.